The third-order valence-electron chi connectivity index (χ3n) is 10.3. The van der Waals surface area contributed by atoms with Gasteiger partial charge in [0, 0.05) is 17.9 Å². The smallest absolute Gasteiger partial charge is 0.133 e. The lowest BCUT2D eigenvalue weighted by Crippen LogP contribution is -2.60. The van der Waals surface area contributed by atoms with Crippen LogP contribution >= 0.6 is 0 Å². The van der Waals surface area contributed by atoms with E-state index in [1.165, 1.54) is 32.1 Å². The first-order valence-electron chi connectivity index (χ1n) is 12.7. The van der Waals surface area contributed by atoms with Crippen LogP contribution in [0.25, 0.3) is 0 Å². The molecular formula is C26H44O4. The van der Waals surface area contributed by atoms with Crippen molar-refractivity contribution in [2.45, 2.75) is 110 Å². The third-order valence-corrected chi connectivity index (χ3v) is 10.3. The van der Waals surface area contributed by atoms with Crippen molar-refractivity contribution in [1.82, 2.24) is 0 Å². The molecule has 0 aliphatic heterocycles. The Balaban J connectivity index is 1.50. The fraction of sp³-hybridized carbons (Fsp3) is 0.962. The first kappa shape index (κ1) is 22.7. The summed E-state index contributed by atoms with van der Waals surface area (Å²) in [6.07, 6.45) is 10.2. The third kappa shape index (κ3) is 3.49. The molecule has 4 rings (SSSR count). The Morgan fingerprint density at radius 3 is 2.53 bits per heavy atom. The van der Waals surface area contributed by atoms with E-state index in [1.807, 2.05) is 0 Å². The van der Waals surface area contributed by atoms with Crippen molar-refractivity contribution in [1.29, 1.82) is 0 Å². The highest BCUT2D eigenvalue weighted by atomic mass is 16.5. The summed E-state index contributed by atoms with van der Waals surface area (Å²) in [5.74, 6) is 1.53. The quantitative estimate of drug-likeness (QED) is 0.609. The maximum atomic E-state index is 12.4. The highest BCUT2D eigenvalue weighted by Crippen LogP contribution is 2.67. The van der Waals surface area contributed by atoms with Crippen LogP contribution in [-0.2, 0) is 9.53 Å². The van der Waals surface area contributed by atoms with Crippen molar-refractivity contribution >= 4 is 5.78 Å². The molecule has 0 bridgehead atoms. The molecule has 4 aliphatic rings. The van der Waals surface area contributed by atoms with E-state index in [-0.39, 0.29) is 23.0 Å². The van der Waals surface area contributed by atoms with Crippen LogP contribution in [-0.4, -0.2) is 40.9 Å². The molecule has 0 amide bonds. The second-order valence-corrected chi connectivity index (χ2v) is 11.6. The van der Waals surface area contributed by atoms with Crippen molar-refractivity contribution < 1.29 is 19.7 Å². The lowest BCUT2D eigenvalue weighted by atomic mass is 9.44. The van der Waals surface area contributed by atoms with Gasteiger partial charge in [-0.2, -0.15) is 0 Å². The van der Waals surface area contributed by atoms with Gasteiger partial charge in [-0.25, -0.2) is 0 Å². The van der Waals surface area contributed by atoms with Crippen LogP contribution in [0.1, 0.15) is 91.9 Å². The van der Waals surface area contributed by atoms with Gasteiger partial charge in [-0.3, -0.25) is 4.79 Å². The largest absolute Gasteiger partial charge is 0.393 e. The van der Waals surface area contributed by atoms with E-state index in [2.05, 4.69) is 20.8 Å². The number of hydrogen-bond donors (Lipinski definition) is 2. The van der Waals surface area contributed by atoms with Crippen LogP contribution in [0.4, 0.5) is 0 Å². The van der Waals surface area contributed by atoms with E-state index in [9.17, 15) is 15.0 Å². The van der Waals surface area contributed by atoms with Gasteiger partial charge in [0.05, 0.1) is 18.3 Å². The number of rotatable bonds is 6. The minimum atomic E-state index is -0.492. The van der Waals surface area contributed by atoms with Gasteiger partial charge in [0.25, 0.3) is 0 Å². The minimum absolute atomic E-state index is 0.0564. The van der Waals surface area contributed by atoms with Gasteiger partial charge < -0.3 is 14.9 Å². The standard InChI is InChI=1S/C26H44O4/c1-5-6-7-12-30-18-10-11-25(3)17(13-18)8-9-19-21(25)15-23(29)26(4)20(16(2)27)14-22(28)24(19)26/h17-24,28-29H,5-15H2,1-4H3/t17?,18-,19+,20+,21-,22-,23+,24+,25-,26-/m0/s1. The number of ketones is 1. The number of hydrogen-bond acceptors (Lipinski definition) is 4. The maximum absolute atomic E-state index is 12.4. The van der Waals surface area contributed by atoms with Gasteiger partial charge in [-0.05, 0) is 87.4 Å². The number of fused-ring (bicyclic) bond motifs is 5. The van der Waals surface area contributed by atoms with Gasteiger partial charge in [-0.15, -0.1) is 0 Å². The van der Waals surface area contributed by atoms with E-state index in [0.29, 0.717) is 30.3 Å². The Morgan fingerprint density at radius 1 is 1.07 bits per heavy atom. The number of aliphatic hydroxyl groups is 2. The fourth-order valence-corrected chi connectivity index (χ4v) is 8.62. The van der Waals surface area contributed by atoms with Crippen LogP contribution in [0.15, 0.2) is 0 Å². The van der Waals surface area contributed by atoms with Crippen molar-refractivity contribution in [3.05, 3.63) is 0 Å². The molecular weight excluding hydrogens is 376 g/mol. The molecule has 30 heavy (non-hydrogen) atoms. The second-order valence-electron chi connectivity index (χ2n) is 11.6. The highest BCUT2D eigenvalue weighted by molar-refractivity contribution is 5.80. The number of aliphatic hydroxyl groups excluding tert-OH is 2. The first-order valence-corrected chi connectivity index (χ1v) is 12.7. The van der Waals surface area contributed by atoms with E-state index in [0.717, 1.165) is 32.3 Å². The first-order chi connectivity index (χ1) is 14.2. The van der Waals surface area contributed by atoms with E-state index >= 15 is 0 Å². The normalized spacial score (nSPS) is 50.5. The highest BCUT2D eigenvalue weighted by Gasteiger charge is 2.66. The molecule has 4 aliphatic carbocycles. The van der Waals surface area contributed by atoms with Crippen molar-refractivity contribution in [2.24, 2.45) is 40.4 Å². The summed E-state index contributed by atoms with van der Waals surface area (Å²) in [6.45, 7) is 9.32. The summed E-state index contributed by atoms with van der Waals surface area (Å²) in [5.41, 5.74) is -0.238. The number of carbonyl (C=O) groups excluding carboxylic acids is 1. The van der Waals surface area contributed by atoms with Crippen LogP contribution in [0.5, 0.6) is 0 Å². The molecule has 4 fully saturated rings. The lowest BCUT2D eigenvalue weighted by Gasteiger charge is -2.62. The molecule has 0 spiro atoms. The maximum Gasteiger partial charge on any atom is 0.133 e. The average Bonchev–Trinajstić information content (AvgIpc) is 2.99. The Hall–Kier alpha value is -0.450. The SMILES string of the molecule is CCCCCO[C@H]1CC[C@@]2(C)C(CC[C@H]3[C@@H]4[C@@H](O)C[C@H](C(C)=O)[C@@]4(C)[C@H](O)C[C@@H]32)C1. The summed E-state index contributed by atoms with van der Waals surface area (Å²) >= 11 is 0. The molecule has 10 atom stereocenters. The van der Waals surface area contributed by atoms with Gasteiger partial charge in [0.15, 0.2) is 0 Å². The number of ether oxygens (including phenoxy) is 1. The van der Waals surface area contributed by atoms with Gasteiger partial charge >= 0.3 is 0 Å². The van der Waals surface area contributed by atoms with Crippen LogP contribution < -0.4 is 0 Å². The summed E-state index contributed by atoms with van der Waals surface area (Å²) in [7, 11) is 0. The van der Waals surface area contributed by atoms with Gasteiger partial charge in [-0.1, -0.05) is 33.6 Å². The van der Waals surface area contributed by atoms with Crippen LogP contribution in [0.3, 0.4) is 0 Å². The fourth-order valence-electron chi connectivity index (χ4n) is 8.62. The van der Waals surface area contributed by atoms with Crippen molar-refractivity contribution in [3.63, 3.8) is 0 Å². The topological polar surface area (TPSA) is 66.8 Å². The molecule has 172 valence electrons. The molecule has 4 nitrogen and oxygen atoms in total. The van der Waals surface area contributed by atoms with E-state index in [1.54, 1.807) is 6.92 Å². The average molecular weight is 421 g/mol. The Kier molecular flexibility index (Phi) is 6.43. The molecule has 4 heteroatoms. The molecule has 0 aromatic carbocycles. The molecule has 0 radical (unpaired) electrons. The summed E-state index contributed by atoms with van der Waals surface area (Å²) < 4.78 is 6.25. The number of Topliss-reactive ketones (excluding diaryl/α,β-unsaturated/α-hetero) is 1. The number of unbranched alkanes of at least 4 members (excludes halogenated alkanes) is 2. The molecule has 0 aromatic rings. The molecule has 2 N–H and O–H groups in total. The molecule has 0 heterocycles. The van der Waals surface area contributed by atoms with Crippen molar-refractivity contribution in [2.75, 3.05) is 6.61 Å². The summed E-state index contributed by atoms with van der Waals surface area (Å²) in [6, 6.07) is 0. The lowest BCUT2D eigenvalue weighted by molar-refractivity contribution is -0.186. The molecule has 1 unspecified atom stereocenters. The summed E-state index contributed by atoms with van der Waals surface area (Å²) in [4.78, 5) is 12.4. The molecule has 0 aromatic heterocycles. The Bertz CT molecular complexity index is 635. The van der Waals surface area contributed by atoms with Crippen molar-refractivity contribution in [3.8, 4) is 0 Å². The van der Waals surface area contributed by atoms with Gasteiger partial charge in [0.2, 0.25) is 0 Å². The Labute approximate surface area is 183 Å². The second kappa shape index (κ2) is 8.48. The van der Waals surface area contributed by atoms with E-state index < -0.39 is 17.6 Å². The van der Waals surface area contributed by atoms with E-state index in [4.69, 9.17) is 4.74 Å². The predicted octanol–water partition coefficient (Wildman–Crippen LogP) is 4.75. The minimum Gasteiger partial charge on any atom is -0.393 e. The monoisotopic (exact) mass is 420 g/mol. The molecule has 0 saturated heterocycles. The van der Waals surface area contributed by atoms with Crippen LogP contribution in [0, 0.1) is 40.4 Å². The Morgan fingerprint density at radius 2 is 1.83 bits per heavy atom. The molecule has 4 saturated carbocycles. The van der Waals surface area contributed by atoms with Gasteiger partial charge in [0.1, 0.15) is 5.78 Å². The zero-order valence-electron chi connectivity index (χ0n) is 19.6. The predicted molar refractivity (Wildman–Crippen MR) is 118 cm³/mol. The van der Waals surface area contributed by atoms with Crippen LogP contribution in [0.2, 0.25) is 0 Å². The number of carbonyl (C=O) groups is 1. The summed E-state index contributed by atoms with van der Waals surface area (Å²) in [5, 5.41) is 22.4. The zero-order valence-corrected chi connectivity index (χ0v) is 19.6. The zero-order chi connectivity index (χ0) is 21.7.